The number of hydrogen-bond donors (Lipinski definition) is 2. The van der Waals surface area contributed by atoms with E-state index in [9.17, 15) is 13.2 Å². The zero-order valence-corrected chi connectivity index (χ0v) is 13.6. The lowest BCUT2D eigenvalue weighted by atomic mass is 9.95. The van der Waals surface area contributed by atoms with E-state index in [2.05, 4.69) is 5.32 Å². The van der Waals surface area contributed by atoms with Crippen LogP contribution in [0.1, 0.15) is 32.1 Å². The van der Waals surface area contributed by atoms with E-state index in [1.54, 1.807) is 0 Å². The standard InChI is InChI=1S/C13H24N2O3S.ClH/c1-19(17,18)9-13(5-6-13)8-15-12(16)11-4-2-3-10(11)7-14;/h10-11H,2-9,14H2,1H3,(H,15,16);1H/t10-,11-;/m1./s1. The van der Waals surface area contributed by atoms with Crippen LogP contribution < -0.4 is 11.1 Å². The fraction of sp³-hybridized carbons (Fsp3) is 0.923. The fourth-order valence-corrected chi connectivity index (χ4v) is 4.68. The van der Waals surface area contributed by atoms with E-state index in [-0.39, 0.29) is 35.4 Å². The third kappa shape index (κ3) is 4.60. The summed E-state index contributed by atoms with van der Waals surface area (Å²) < 4.78 is 22.7. The van der Waals surface area contributed by atoms with Crippen molar-refractivity contribution in [2.24, 2.45) is 23.0 Å². The zero-order chi connectivity index (χ0) is 14.1. The number of nitrogens with one attached hydrogen (secondary N) is 1. The van der Waals surface area contributed by atoms with Crippen LogP contribution in [0.5, 0.6) is 0 Å². The van der Waals surface area contributed by atoms with Gasteiger partial charge < -0.3 is 11.1 Å². The maximum Gasteiger partial charge on any atom is 0.223 e. The van der Waals surface area contributed by atoms with Crippen LogP contribution in [-0.4, -0.2) is 39.4 Å². The minimum atomic E-state index is -2.97. The Bertz CT molecular complexity index is 449. The number of hydrogen-bond acceptors (Lipinski definition) is 4. The molecule has 7 heteroatoms. The van der Waals surface area contributed by atoms with E-state index in [1.807, 2.05) is 0 Å². The van der Waals surface area contributed by atoms with Crippen molar-refractivity contribution in [3.63, 3.8) is 0 Å². The fourth-order valence-electron chi connectivity index (χ4n) is 3.17. The second-order valence-electron chi connectivity index (χ2n) is 6.32. The van der Waals surface area contributed by atoms with Crippen LogP contribution in [0.3, 0.4) is 0 Å². The first kappa shape index (κ1) is 17.7. The van der Waals surface area contributed by atoms with Crippen LogP contribution in [0.25, 0.3) is 0 Å². The quantitative estimate of drug-likeness (QED) is 0.753. The Morgan fingerprint density at radius 3 is 2.50 bits per heavy atom. The maximum atomic E-state index is 12.1. The van der Waals surface area contributed by atoms with Gasteiger partial charge in [0.2, 0.25) is 5.91 Å². The van der Waals surface area contributed by atoms with Gasteiger partial charge in [0, 0.05) is 24.1 Å². The molecule has 118 valence electrons. The average Bonchev–Trinajstić information content (AvgIpc) is 2.90. The van der Waals surface area contributed by atoms with E-state index >= 15 is 0 Å². The number of amides is 1. The van der Waals surface area contributed by atoms with E-state index in [0.29, 0.717) is 19.0 Å². The van der Waals surface area contributed by atoms with Crippen LogP contribution in [0.4, 0.5) is 0 Å². The summed E-state index contributed by atoms with van der Waals surface area (Å²) in [6, 6.07) is 0. The Kier molecular flexibility index (Phi) is 5.87. The molecule has 2 aliphatic rings. The molecule has 2 aliphatic carbocycles. The van der Waals surface area contributed by atoms with Gasteiger partial charge in [-0.25, -0.2) is 8.42 Å². The molecule has 3 N–H and O–H groups in total. The predicted molar refractivity (Wildman–Crippen MR) is 81.5 cm³/mol. The van der Waals surface area contributed by atoms with E-state index in [4.69, 9.17) is 5.73 Å². The number of rotatable bonds is 6. The summed E-state index contributed by atoms with van der Waals surface area (Å²) in [7, 11) is -2.97. The van der Waals surface area contributed by atoms with Gasteiger partial charge in [-0.05, 0) is 38.1 Å². The Balaban J connectivity index is 0.00000200. The number of sulfone groups is 1. The monoisotopic (exact) mass is 324 g/mol. The van der Waals surface area contributed by atoms with E-state index < -0.39 is 9.84 Å². The molecule has 0 aromatic heterocycles. The van der Waals surface area contributed by atoms with Gasteiger partial charge in [-0.1, -0.05) is 6.42 Å². The van der Waals surface area contributed by atoms with Crippen molar-refractivity contribution < 1.29 is 13.2 Å². The molecule has 2 fully saturated rings. The second kappa shape index (κ2) is 6.62. The van der Waals surface area contributed by atoms with Crippen LogP contribution in [0.2, 0.25) is 0 Å². The molecular weight excluding hydrogens is 300 g/mol. The Labute approximate surface area is 127 Å². The SMILES string of the molecule is CS(=O)(=O)CC1(CNC(=O)[C@@H]2CCC[C@@H]2CN)CC1.Cl. The summed E-state index contributed by atoms with van der Waals surface area (Å²) in [6.45, 7) is 1.05. The molecule has 2 atom stereocenters. The van der Waals surface area contributed by atoms with Crippen molar-refractivity contribution in [1.29, 1.82) is 0 Å². The topological polar surface area (TPSA) is 89.3 Å². The smallest absolute Gasteiger partial charge is 0.223 e. The summed E-state index contributed by atoms with van der Waals surface area (Å²) in [5, 5.41) is 2.96. The van der Waals surface area contributed by atoms with Gasteiger partial charge in [0.15, 0.2) is 0 Å². The minimum absolute atomic E-state index is 0. The highest BCUT2D eigenvalue weighted by atomic mass is 35.5. The summed E-state index contributed by atoms with van der Waals surface area (Å²) in [4.78, 5) is 12.1. The highest BCUT2D eigenvalue weighted by molar-refractivity contribution is 7.90. The molecule has 5 nitrogen and oxygen atoms in total. The first-order valence-corrected chi connectivity index (χ1v) is 9.07. The summed E-state index contributed by atoms with van der Waals surface area (Å²) in [6.07, 6.45) is 6.05. The van der Waals surface area contributed by atoms with E-state index in [0.717, 1.165) is 32.1 Å². The summed E-state index contributed by atoms with van der Waals surface area (Å²) in [5.74, 6) is 0.572. The molecule has 0 unspecified atom stereocenters. The molecule has 2 rings (SSSR count). The van der Waals surface area contributed by atoms with Gasteiger partial charge in [0.25, 0.3) is 0 Å². The largest absolute Gasteiger partial charge is 0.355 e. The lowest BCUT2D eigenvalue weighted by Crippen LogP contribution is -2.39. The third-order valence-electron chi connectivity index (χ3n) is 4.46. The van der Waals surface area contributed by atoms with Crippen molar-refractivity contribution in [1.82, 2.24) is 5.32 Å². The van der Waals surface area contributed by atoms with Crippen molar-refractivity contribution in [2.75, 3.05) is 25.1 Å². The van der Waals surface area contributed by atoms with Crippen molar-refractivity contribution in [2.45, 2.75) is 32.1 Å². The van der Waals surface area contributed by atoms with Gasteiger partial charge in [-0.2, -0.15) is 0 Å². The predicted octanol–water partition coefficient (Wildman–Crippen LogP) is 0.724. The molecule has 20 heavy (non-hydrogen) atoms. The third-order valence-corrected chi connectivity index (χ3v) is 5.60. The second-order valence-corrected chi connectivity index (χ2v) is 8.46. The Morgan fingerprint density at radius 2 is 2.00 bits per heavy atom. The molecule has 0 aromatic rings. The first-order valence-electron chi connectivity index (χ1n) is 7.01. The van der Waals surface area contributed by atoms with Gasteiger partial charge >= 0.3 is 0 Å². The molecule has 0 aromatic carbocycles. The van der Waals surface area contributed by atoms with Crippen LogP contribution in [-0.2, 0) is 14.6 Å². The maximum absolute atomic E-state index is 12.1. The molecule has 0 aliphatic heterocycles. The highest BCUT2D eigenvalue weighted by Crippen LogP contribution is 2.46. The first-order chi connectivity index (χ1) is 8.85. The van der Waals surface area contributed by atoms with Crippen LogP contribution in [0, 0.1) is 17.3 Å². The molecule has 0 saturated heterocycles. The Morgan fingerprint density at radius 1 is 1.35 bits per heavy atom. The molecule has 2 saturated carbocycles. The van der Waals surface area contributed by atoms with Crippen molar-refractivity contribution in [3.05, 3.63) is 0 Å². The van der Waals surface area contributed by atoms with Crippen molar-refractivity contribution in [3.8, 4) is 0 Å². The van der Waals surface area contributed by atoms with Gasteiger partial charge in [-0.3, -0.25) is 4.79 Å². The molecule has 0 heterocycles. The number of halogens is 1. The lowest BCUT2D eigenvalue weighted by Gasteiger charge is -2.20. The molecule has 0 radical (unpaired) electrons. The molecule has 1 amide bonds. The van der Waals surface area contributed by atoms with Crippen LogP contribution in [0.15, 0.2) is 0 Å². The molecule has 0 spiro atoms. The van der Waals surface area contributed by atoms with E-state index in [1.165, 1.54) is 6.26 Å². The Hall–Kier alpha value is -0.330. The van der Waals surface area contributed by atoms with Gasteiger partial charge in [-0.15, -0.1) is 12.4 Å². The summed E-state index contributed by atoms with van der Waals surface area (Å²) >= 11 is 0. The average molecular weight is 325 g/mol. The van der Waals surface area contributed by atoms with Gasteiger partial charge in [0.05, 0.1) is 5.75 Å². The molecule has 0 bridgehead atoms. The van der Waals surface area contributed by atoms with Crippen molar-refractivity contribution >= 4 is 28.2 Å². The van der Waals surface area contributed by atoms with Gasteiger partial charge in [0.1, 0.15) is 9.84 Å². The molecular formula is C13H25ClN2O3S. The van der Waals surface area contributed by atoms with Crippen LogP contribution >= 0.6 is 12.4 Å². The lowest BCUT2D eigenvalue weighted by molar-refractivity contribution is -0.126. The number of carbonyl (C=O) groups is 1. The zero-order valence-electron chi connectivity index (χ0n) is 11.9. The normalized spacial score (nSPS) is 27.7. The number of carbonyl (C=O) groups excluding carboxylic acids is 1. The number of nitrogens with two attached hydrogens (primary N) is 1. The minimum Gasteiger partial charge on any atom is -0.355 e. The summed E-state index contributed by atoms with van der Waals surface area (Å²) in [5.41, 5.74) is 5.49. The highest BCUT2D eigenvalue weighted by Gasteiger charge is 2.45.